The van der Waals surface area contributed by atoms with Crippen molar-refractivity contribution >= 4 is 34.7 Å². The SMILES string of the molecule is Cc1cc(C)c(NC(=O)C(C)Sc2nnc(C)s2)c(C)c1. The lowest BCUT2D eigenvalue weighted by molar-refractivity contribution is -0.115. The van der Waals surface area contributed by atoms with Gasteiger partial charge in [-0.15, -0.1) is 10.2 Å². The second-order valence-corrected chi connectivity index (χ2v) is 7.88. The van der Waals surface area contributed by atoms with Gasteiger partial charge in [-0.3, -0.25) is 4.79 Å². The van der Waals surface area contributed by atoms with Crippen LogP contribution < -0.4 is 5.32 Å². The van der Waals surface area contributed by atoms with Gasteiger partial charge in [-0.05, 0) is 45.7 Å². The molecule has 0 fully saturated rings. The van der Waals surface area contributed by atoms with Crippen molar-refractivity contribution < 1.29 is 4.79 Å². The lowest BCUT2D eigenvalue weighted by Crippen LogP contribution is -2.23. The van der Waals surface area contributed by atoms with Crippen LogP contribution in [0.25, 0.3) is 0 Å². The molecule has 0 saturated carbocycles. The summed E-state index contributed by atoms with van der Waals surface area (Å²) in [5, 5.41) is 11.7. The maximum absolute atomic E-state index is 12.3. The molecule has 0 bridgehead atoms. The highest BCUT2D eigenvalue weighted by atomic mass is 32.2. The number of hydrogen-bond donors (Lipinski definition) is 1. The van der Waals surface area contributed by atoms with Crippen LogP contribution in [0, 0.1) is 27.7 Å². The largest absolute Gasteiger partial charge is 0.325 e. The third-order valence-electron chi connectivity index (χ3n) is 3.08. The average Bonchev–Trinajstić information content (AvgIpc) is 2.78. The number of nitrogens with zero attached hydrogens (tertiary/aromatic N) is 2. The van der Waals surface area contributed by atoms with Crippen molar-refractivity contribution in [2.45, 2.75) is 44.2 Å². The Balaban J connectivity index is 2.07. The van der Waals surface area contributed by atoms with E-state index < -0.39 is 0 Å². The molecule has 1 N–H and O–H groups in total. The Morgan fingerprint density at radius 1 is 1.19 bits per heavy atom. The number of rotatable bonds is 4. The van der Waals surface area contributed by atoms with Crippen LogP contribution in [0.1, 0.15) is 28.6 Å². The normalized spacial score (nSPS) is 12.2. The highest BCUT2D eigenvalue weighted by molar-refractivity contribution is 8.02. The maximum atomic E-state index is 12.3. The lowest BCUT2D eigenvalue weighted by Gasteiger charge is -2.15. The minimum absolute atomic E-state index is 0.0112. The molecule has 1 atom stereocenters. The zero-order valence-corrected chi connectivity index (χ0v) is 14.5. The molecular formula is C15H19N3OS2. The summed E-state index contributed by atoms with van der Waals surface area (Å²) in [6.07, 6.45) is 0. The summed E-state index contributed by atoms with van der Waals surface area (Å²) in [5.74, 6) is -0.0112. The predicted octanol–water partition coefficient (Wildman–Crippen LogP) is 3.89. The number of amides is 1. The van der Waals surface area contributed by atoms with Gasteiger partial charge in [0.1, 0.15) is 5.01 Å². The predicted molar refractivity (Wildman–Crippen MR) is 89.2 cm³/mol. The molecule has 2 rings (SSSR count). The Morgan fingerprint density at radius 2 is 1.81 bits per heavy atom. The van der Waals surface area contributed by atoms with Crippen LogP contribution >= 0.6 is 23.1 Å². The molecule has 6 heteroatoms. The van der Waals surface area contributed by atoms with E-state index in [0.717, 1.165) is 26.2 Å². The lowest BCUT2D eigenvalue weighted by atomic mass is 10.1. The standard InChI is InChI=1S/C15H19N3OS2/c1-8-6-9(2)13(10(3)7-8)16-14(19)11(4)20-15-18-17-12(5)21-15/h6-7,11H,1-5H3,(H,16,19). The summed E-state index contributed by atoms with van der Waals surface area (Å²) in [6.45, 7) is 9.88. The van der Waals surface area contributed by atoms with Crippen LogP contribution in [0.4, 0.5) is 5.69 Å². The third kappa shape index (κ3) is 4.04. The van der Waals surface area contributed by atoms with Crippen molar-refractivity contribution in [1.82, 2.24) is 10.2 Å². The Labute approximate surface area is 133 Å². The molecule has 1 heterocycles. The maximum Gasteiger partial charge on any atom is 0.237 e. The molecule has 0 radical (unpaired) electrons. The first-order valence-electron chi connectivity index (χ1n) is 6.72. The second-order valence-electron chi connectivity index (χ2n) is 5.11. The molecular weight excluding hydrogens is 302 g/mol. The smallest absolute Gasteiger partial charge is 0.237 e. The van der Waals surface area contributed by atoms with E-state index in [1.54, 1.807) is 0 Å². The van der Waals surface area contributed by atoms with Crippen molar-refractivity contribution in [3.8, 4) is 0 Å². The molecule has 112 valence electrons. The summed E-state index contributed by atoms with van der Waals surface area (Å²) < 4.78 is 0.826. The van der Waals surface area contributed by atoms with Gasteiger partial charge in [0.2, 0.25) is 5.91 Å². The van der Waals surface area contributed by atoms with Crippen molar-refractivity contribution in [2.75, 3.05) is 5.32 Å². The molecule has 0 aliphatic heterocycles. The summed E-state index contributed by atoms with van der Waals surface area (Å²) in [5.41, 5.74) is 4.29. The fraction of sp³-hybridized carbons (Fsp3) is 0.400. The molecule has 0 aliphatic carbocycles. The number of aromatic nitrogens is 2. The fourth-order valence-electron chi connectivity index (χ4n) is 2.13. The van der Waals surface area contributed by atoms with Gasteiger partial charge in [0.05, 0.1) is 5.25 Å². The van der Waals surface area contributed by atoms with Gasteiger partial charge in [0.15, 0.2) is 4.34 Å². The molecule has 0 aliphatic rings. The van der Waals surface area contributed by atoms with Gasteiger partial charge < -0.3 is 5.32 Å². The molecule has 1 unspecified atom stereocenters. The first-order valence-corrected chi connectivity index (χ1v) is 8.42. The van der Waals surface area contributed by atoms with Crippen LogP contribution in [0.2, 0.25) is 0 Å². The van der Waals surface area contributed by atoms with E-state index in [9.17, 15) is 4.79 Å². The molecule has 21 heavy (non-hydrogen) atoms. The molecule has 0 saturated heterocycles. The first-order chi connectivity index (χ1) is 9.86. The Bertz CT molecular complexity index is 644. The molecule has 1 amide bonds. The highest BCUT2D eigenvalue weighted by Gasteiger charge is 2.18. The van der Waals surface area contributed by atoms with Crippen molar-refractivity contribution in [3.05, 3.63) is 33.8 Å². The van der Waals surface area contributed by atoms with E-state index in [0.29, 0.717) is 0 Å². The zero-order chi connectivity index (χ0) is 15.6. The summed E-state index contributed by atoms with van der Waals surface area (Å²) in [7, 11) is 0. The summed E-state index contributed by atoms with van der Waals surface area (Å²) >= 11 is 2.95. The van der Waals surface area contributed by atoms with E-state index >= 15 is 0 Å². The van der Waals surface area contributed by atoms with E-state index in [1.807, 2.05) is 27.7 Å². The fourth-order valence-corrected chi connectivity index (χ4v) is 4.09. The van der Waals surface area contributed by atoms with Crippen LogP contribution in [0.5, 0.6) is 0 Å². The minimum atomic E-state index is -0.211. The monoisotopic (exact) mass is 321 g/mol. The average molecular weight is 321 g/mol. The first kappa shape index (κ1) is 16.0. The van der Waals surface area contributed by atoms with Crippen molar-refractivity contribution in [3.63, 3.8) is 0 Å². The Hall–Kier alpha value is -1.40. The number of benzene rings is 1. The molecule has 0 spiro atoms. The van der Waals surface area contributed by atoms with Gasteiger partial charge in [0.25, 0.3) is 0 Å². The number of aryl methyl sites for hydroxylation is 4. The number of hydrogen-bond acceptors (Lipinski definition) is 5. The number of nitrogens with one attached hydrogen (secondary N) is 1. The number of carbonyl (C=O) groups is 1. The quantitative estimate of drug-likeness (QED) is 0.868. The van der Waals surface area contributed by atoms with E-state index in [-0.39, 0.29) is 11.2 Å². The number of anilines is 1. The van der Waals surface area contributed by atoms with Gasteiger partial charge >= 0.3 is 0 Å². The topological polar surface area (TPSA) is 54.9 Å². The zero-order valence-electron chi connectivity index (χ0n) is 12.9. The second kappa shape index (κ2) is 6.58. The van der Waals surface area contributed by atoms with Gasteiger partial charge in [-0.25, -0.2) is 0 Å². The third-order valence-corrected chi connectivity index (χ3v) is 5.10. The number of carbonyl (C=O) groups excluding carboxylic acids is 1. The molecule has 4 nitrogen and oxygen atoms in total. The Kier molecular flexibility index (Phi) is 5.00. The molecule has 1 aromatic carbocycles. The van der Waals surface area contributed by atoms with Crippen LogP contribution in [-0.4, -0.2) is 21.4 Å². The van der Waals surface area contributed by atoms with Gasteiger partial charge in [-0.2, -0.15) is 0 Å². The van der Waals surface area contributed by atoms with Gasteiger partial charge in [0, 0.05) is 5.69 Å². The van der Waals surface area contributed by atoms with Crippen molar-refractivity contribution in [1.29, 1.82) is 0 Å². The van der Waals surface area contributed by atoms with E-state index in [1.165, 1.54) is 28.7 Å². The summed E-state index contributed by atoms with van der Waals surface area (Å²) in [6, 6.07) is 4.16. The van der Waals surface area contributed by atoms with E-state index in [2.05, 4.69) is 34.6 Å². The molecule has 1 aromatic heterocycles. The summed E-state index contributed by atoms with van der Waals surface area (Å²) in [4.78, 5) is 12.3. The van der Waals surface area contributed by atoms with Crippen LogP contribution in [0.15, 0.2) is 16.5 Å². The number of thioether (sulfide) groups is 1. The van der Waals surface area contributed by atoms with Crippen LogP contribution in [-0.2, 0) is 4.79 Å². The van der Waals surface area contributed by atoms with E-state index in [4.69, 9.17) is 0 Å². The molecule has 2 aromatic rings. The minimum Gasteiger partial charge on any atom is -0.325 e. The van der Waals surface area contributed by atoms with Crippen LogP contribution in [0.3, 0.4) is 0 Å². The highest BCUT2D eigenvalue weighted by Crippen LogP contribution is 2.28. The van der Waals surface area contributed by atoms with Crippen molar-refractivity contribution in [2.24, 2.45) is 0 Å². The van der Waals surface area contributed by atoms with Gasteiger partial charge in [-0.1, -0.05) is 40.8 Å². The Morgan fingerprint density at radius 3 is 2.33 bits per heavy atom.